The standard InChI is InChI=1S/C30H28FN5O6/c1-29(2,3)22-26-35-21(25-33-19(12-40-25)27(38)39-4)23(42-26)30-15-11-14(31)6-7-18(15)34-28(30)41-20-8-5-13(9-16(20)30)10-17(32)24(37)36-22/h5-9,11-12,17,22,28,34H,10,32H2,1-4H3,(H,36,37)/t17-,22+,28+,30-/m0/s1. The Hall–Kier alpha value is -4.71. The number of amides is 1. The van der Waals surface area contributed by atoms with E-state index in [4.69, 9.17) is 29.0 Å². The lowest BCUT2D eigenvalue weighted by atomic mass is 9.72. The highest BCUT2D eigenvalue weighted by molar-refractivity contribution is 5.87. The third-order valence-corrected chi connectivity index (χ3v) is 8.10. The molecule has 7 rings (SSSR count). The molecule has 4 aromatic rings. The number of nitrogens with zero attached hydrogens (tertiary/aromatic N) is 2. The lowest BCUT2D eigenvalue weighted by Crippen LogP contribution is -2.46. The van der Waals surface area contributed by atoms with Gasteiger partial charge in [-0.15, -0.1) is 0 Å². The first-order valence-electron chi connectivity index (χ1n) is 13.5. The van der Waals surface area contributed by atoms with Crippen molar-refractivity contribution < 1.29 is 32.3 Å². The summed E-state index contributed by atoms with van der Waals surface area (Å²) in [6, 6.07) is 8.41. The lowest BCUT2D eigenvalue weighted by Gasteiger charge is -2.31. The fourth-order valence-electron chi connectivity index (χ4n) is 6.07. The van der Waals surface area contributed by atoms with E-state index in [2.05, 4.69) is 15.6 Å². The van der Waals surface area contributed by atoms with Crippen molar-refractivity contribution in [3.05, 3.63) is 82.5 Å². The van der Waals surface area contributed by atoms with Gasteiger partial charge < -0.3 is 34.7 Å². The Kier molecular flexibility index (Phi) is 5.55. The predicted octanol–water partition coefficient (Wildman–Crippen LogP) is 3.82. The van der Waals surface area contributed by atoms with Crippen molar-refractivity contribution in [3.8, 4) is 17.3 Å². The highest BCUT2D eigenvalue weighted by Crippen LogP contribution is 2.59. The van der Waals surface area contributed by atoms with Crippen LogP contribution in [-0.4, -0.2) is 41.2 Å². The highest BCUT2D eigenvalue weighted by atomic mass is 19.1. The molecule has 2 aromatic carbocycles. The summed E-state index contributed by atoms with van der Waals surface area (Å²) in [7, 11) is 1.24. The van der Waals surface area contributed by atoms with Gasteiger partial charge >= 0.3 is 5.97 Å². The van der Waals surface area contributed by atoms with Crippen molar-refractivity contribution in [1.82, 2.24) is 15.3 Å². The van der Waals surface area contributed by atoms with Crippen molar-refractivity contribution in [2.45, 2.75) is 50.9 Å². The van der Waals surface area contributed by atoms with Gasteiger partial charge in [-0.1, -0.05) is 32.9 Å². The zero-order valence-corrected chi connectivity index (χ0v) is 23.3. The van der Waals surface area contributed by atoms with Crippen LogP contribution in [0.5, 0.6) is 5.75 Å². The molecule has 1 spiro atoms. The zero-order chi connectivity index (χ0) is 29.6. The summed E-state index contributed by atoms with van der Waals surface area (Å²) < 4.78 is 38.6. The molecule has 4 atom stereocenters. The summed E-state index contributed by atoms with van der Waals surface area (Å²) in [5, 5.41) is 6.39. The molecule has 0 fully saturated rings. The average molecular weight is 574 g/mol. The van der Waals surface area contributed by atoms with E-state index in [1.54, 1.807) is 12.1 Å². The van der Waals surface area contributed by atoms with Crippen molar-refractivity contribution in [2.75, 3.05) is 12.4 Å². The molecule has 0 unspecified atom stereocenters. The molecule has 3 aliphatic heterocycles. The molecule has 0 radical (unpaired) electrons. The number of ether oxygens (including phenoxy) is 2. The van der Waals surface area contributed by atoms with Crippen molar-refractivity contribution >= 4 is 17.6 Å². The average Bonchev–Trinajstić information content (AvgIpc) is 3.71. The van der Waals surface area contributed by atoms with Crippen LogP contribution in [0.2, 0.25) is 0 Å². The number of hydrogen-bond donors (Lipinski definition) is 3. The van der Waals surface area contributed by atoms with Crippen LogP contribution in [0.3, 0.4) is 0 Å². The number of nitrogens with two attached hydrogens (primary N) is 1. The van der Waals surface area contributed by atoms with Gasteiger partial charge in [-0.25, -0.2) is 19.2 Å². The molecular formula is C30H28FN5O6. The highest BCUT2D eigenvalue weighted by Gasteiger charge is 2.61. The maximum atomic E-state index is 15.0. The number of fused-ring (bicyclic) bond motifs is 4. The number of carbonyl (C=O) groups is 2. The van der Waals surface area contributed by atoms with E-state index in [-0.39, 0.29) is 41.3 Å². The zero-order valence-electron chi connectivity index (χ0n) is 23.3. The first-order chi connectivity index (χ1) is 20.0. The fourth-order valence-corrected chi connectivity index (χ4v) is 6.07. The number of benzene rings is 2. The van der Waals surface area contributed by atoms with Crippen LogP contribution < -0.4 is 21.1 Å². The number of esters is 1. The third-order valence-electron chi connectivity index (χ3n) is 8.10. The second kappa shape index (κ2) is 8.89. The molecule has 12 heteroatoms. The Balaban J connectivity index is 1.58. The number of rotatable bonds is 2. The molecule has 4 bridgehead atoms. The monoisotopic (exact) mass is 573 g/mol. The fraction of sp³-hybridized carbons (Fsp3) is 0.333. The van der Waals surface area contributed by atoms with Gasteiger partial charge in [0.2, 0.25) is 17.7 Å². The van der Waals surface area contributed by atoms with Crippen LogP contribution in [-0.2, 0) is 21.4 Å². The molecule has 11 nitrogen and oxygen atoms in total. The predicted molar refractivity (Wildman–Crippen MR) is 146 cm³/mol. The van der Waals surface area contributed by atoms with Gasteiger partial charge in [0.15, 0.2) is 23.4 Å². The van der Waals surface area contributed by atoms with E-state index >= 15 is 0 Å². The maximum Gasteiger partial charge on any atom is 0.360 e. The van der Waals surface area contributed by atoms with Crippen molar-refractivity contribution in [1.29, 1.82) is 0 Å². The Morgan fingerprint density at radius 2 is 1.95 bits per heavy atom. The van der Waals surface area contributed by atoms with Crippen molar-refractivity contribution in [3.63, 3.8) is 0 Å². The second-order valence-electron chi connectivity index (χ2n) is 11.8. The van der Waals surface area contributed by atoms with Crippen LogP contribution in [0.1, 0.15) is 65.6 Å². The van der Waals surface area contributed by atoms with E-state index in [9.17, 15) is 14.0 Å². The summed E-state index contributed by atoms with van der Waals surface area (Å²) in [5.74, 6) is -0.585. The van der Waals surface area contributed by atoms with E-state index < -0.39 is 40.9 Å². The molecule has 0 saturated heterocycles. The molecule has 4 N–H and O–H groups in total. The molecule has 0 saturated carbocycles. The van der Waals surface area contributed by atoms with Crippen molar-refractivity contribution in [2.24, 2.45) is 11.1 Å². The van der Waals surface area contributed by atoms with Gasteiger partial charge in [0.1, 0.15) is 29.3 Å². The minimum atomic E-state index is -1.25. The van der Waals surface area contributed by atoms with Gasteiger partial charge in [0.25, 0.3) is 0 Å². The normalized spacial score (nSPS) is 24.0. The SMILES string of the molecule is COC(=O)c1coc(-c2nc3oc2[C@@]24c5cc(F)ccc5N[C@@H]2Oc2ccc(cc24)C[C@H](N)C(=O)N[C@H]3C(C)(C)C)n1. The van der Waals surface area contributed by atoms with E-state index in [1.165, 1.54) is 25.5 Å². The Morgan fingerprint density at radius 3 is 2.71 bits per heavy atom. The number of methoxy groups -OCH3 is 1. The summed E-state index contributed by atoms with van der Waals surface area (Å²) in [4.78, 5) is 34.8. The van der Waals surface area contributed by atoms with Crippen LogP contribution in [0.15, 0.2) is 51.5 Å². The quantitative estimate of drug-likeness (QED) is 0.302. The first-order valence-corrected chi connectivity index (χ1v) is 13.5. The van der Waals surface area contributed by atoms with Gasteiger partial charge in [0.05, 0.1) is 13.2 Å². The Labute approximate surface area is 239 Å². The van der Waals surface area contributed by atoms with Crippen LogP contribution in [0.4, 0.5) is 10.1 Å². The number of nitrogens with one attached hydrogen (secondary N) is 2. The summed E-state index contributed by atoms with van der Waals surface area (Å²) >= 11 is 0. The lowest BCUT2D eigenvalue weighted by molar-refractivity contribution is -0.124. The van der Waals surface area contributed by atoms with Crippen LogP contribution >= 0.6 is 0 Å². The summed E-state index contributed by atoms with van der Waals surface area (Å²) in [5.41, 5.74) is 7.32. The van der Waals surface area contributed by atoms with Crippen LogP contribution in [0, 0.1) is 11.2 Å². The maximum absolute atomic E-state index is 15.0. The van der Waals surface area contributed by atoms with Gasteiger partial charge in [0, 0.05) is 16.8 Å². The molecule has 42 heavy (non-hydrogen) atoms. The first kappa shape index (κ1) is 26.2. The molecular weight excluding hydrogens is 545 g/mol. The minimum Gasteiger partial charge on any atom is -0.469 e. The van der Waals surface area contributed by atoms with Gasteiger partial charge in [-0.05, 0) is 41.7 Å². The number of halogens is 1. The van der Waals surface area contributed by atoms with E-state index in [0.717, 1.165) is 5.56 Å². The molecule has 5 heterocycles. The van der Waals surface area contributed by atoms with Crippen LogP contribution in [0.25, 0.3) is 11.6 Å². The van der Waals surface area contributed by atoms with Gasteiger partial charge in [-0.3, -0.25) is 4.79 Å². The summed E-state index contributed by atoms with van der Waals surface area (Å²) in [6.07, 6.45) is 0.665. The van der Waals surface area contributed by atoms with Gasteiger partial charge in [-0.2, -0.15) is 0 Å². The number of carbonyl (C=O) groups excluding carboxylic acids is 2. The molecule has 1 amide bonds. The number of aromatic nitrogens is 2. The Morgan fingerprint density at radius 1 is 1.14 bits per heavy atom. The second-order valence-corrected chi connectivity index (χ2v) is 11.8. The third kappa shape index (κ3) is 3.67. The number of oxazole rings is 2. The smallest absolute Gasteiger partial charge is 0.360 e. The summed E-state index contributed by atoms with van der Waals surface area (Å²) in [6.45, 7) is 5.80. The molecule has 3 aliphatic rings. The number of anilines is 1. The Bertz CT molecular complexity index is 1770. The molecule has 216 valence electrons. The molecule has 0 aliphatic carbocycles. The largest absolute Gasteiger partial charge is 0.469 e. The van der Waals surface area contributed by atoms with E-state index in [1.807, 2.05) is 32.9 Å². The number of hydrogen-bond acceptors (Lipinski definition) is 10. The van der Waals surface area contributed by atoms with E-state index in [0.29, 0.717) is 22.6 Å². The minimum absolute atomic E-state index is 0.0199. The molecule has 2 aromatic heterocycles. The topological polar surface area (TPSA) is 155 Å².